The molecule has 0 aliphatic rings. The molecular formula is C24H25FN2O4S. The van der Waals surface area contributed by atoms with Gasteiger partial charge in [0.1, 0.15) is 11.6 Å². The number of aryl methyl sites for hydroxylation is 1. The molecular weight excluding hydrogens is 431 g/mol. The molecule has 0 aliphatic carbocycles. The van der Waals surface area contributed by atoms with Gasteiger partial charge in [-0.05, 0) is 73.5 Å². The van der Waals surface area contributed by atoms with Crippen LogP contribution in [0.3, 0.4) is 0 Å². The fourth-order valence-corrected chi connectivity index (χ4v) is 4.15. The lowest BCUT2D eigenvalue weighted by molar-refractivity contribution is 0.0788. The quantitative estimate of drug-likeness (QED) is 0.482. The van der Waals surface area contributed by atoms with Crippen LogP contribution in [0.15, 0.2) is 77.7 Å². The molecule has 0 atom stereocenters. The molecule has 3 rings (SSSR count). The average molecular weight is 457 g/mol. The van der Waals surface area contributed by atoms with Crippen molar-refractivity contribution in [1.82, 2.24) is 4.90 Å². The van der Waals surface area contributed by atoms with Crippen molar-refractivity contribution in [2.24, 2.45) is 0 Å². The van der Waals surface area contributed by atoms with Gasteiger partial charge in [-0.1, -0.05) is 18.2 Å². The standard InChI is InChI=1S/C24H25FN2O4S/c1-18-17-22(13-14-23(18)25)32(29,30)26-20-11-9-19(10-12-20)24(28)27(2)15-6-16-31-21-7-4-3-5-8-21/h3-5,7-14,17,26H,6,15-16H2,1-2H3. The summed E-state index contributed by atoms with van der Waals surface area (Å²) in [5.41, 5.74) is 0.991. The van der Waals surface area contributed by atoms with E-state index in [0.717, 1.165) is 11.8 Å². The van der Waals surface area contributed by atoms with Crippen LogP contribution < -0.4 is 9.46 Å². The number of carbonyl (C=O) groups excluding carboxylic acids is 1. The fourth-order valence-electron chi connectivity index (χ4n) is 3.01. The molecule has 1 amide bonds. The van der Waals surface area contributed by atoms with Crippen LogP contribution in [0.25, 0.3) is 0 Å². The van der Waals surface area contributed by atoms with Crippen molar-refractivity contribution in [1.29, 1.82) is 0 Å². The van der Waals surface area contributed by atoms with Gasteiger partial charge in [-0.25, -0.2) is 12.8 Å². The van der Waals surface area contributed by atoms with Crippen LogP contribution in [0.2, 0.25) is 0 Å². The highest BCUT2D eigenvalue weighted by atomic mass is 32.2. The summed E-state index contributed by atoms with van der Waals surface area (Å²) < 4.78 is 46.5. The van der Waals surface area contributed by atoms with Crippen molar-refractivity contribution in [2.75, 3.05) is 24.9 Å². The Labute approximate surface area is 187 Å². The second-order valence-corrected chi connectivity index (χ2v) is 9.02. The Bertz CT molecular complexity index is 1170. The van der Waals surface area contributed by atoms with Crippen LogP contribution in [-0.4, -0.2) is 39.4 Å². The molecule has 0 aliphatic heterocycles. The number of carbonyl (C=O) groups is 1. The highest BCUT2D eigenvalue weighted by Crippen LogP contribution is 2.19. The molecule has 0 spiro atoms. The molecule has 3 aromatic carbocycles. The van der Waals surface area contributed by atoms with Gasteiger partial charge in [0.05, 0.1) is 11.5 Å². The van der Waals surface area contributed by atoms with Gasteiger partial charge in [-0.3, -0.25) is 9.52 Å². The number of rotatable bonds is 9. The van der Waals surface area contributed by atoms with Crippen LogP contribution in [0, 0.1) is 12.7 Å². The van der Waals surface area contributed by atoms with Gasteiger partial charge in [0.15, 0.2) is 0 Å². The molecule has 0 saturated carbocycles. The Balaban J connectivity index is 1.54. The predicted molar refractivity (Wildman–Crippen MR) is 122 cm³/mol. The highest BCUT2D eigenvalue weighted by Gasteiger charge is 2.16. The number of hydrogen-bond donors (Lipinski definition) is 1. The van der Waals surface area contributed by atoms with Crippen molar-refractivity contribution < 1.29 is 22.3 Å². The number of sulfonamides is 1. The molecule has 0 fully saturated rings. The van der Waals surface area contributed by atoms with E-state index in [1.807, 2.05) is 30.3 Å². The molecule has 32 heavy (non-hydrogen) atoms. The van der Waals surface area contributed by atoms with E-state index in [2.05, 4.69) is 4.72 Å². The van der Waals surface area contributed by atoms with Gasteiger partial charge in [0.25, 0.3) is 15.9 Å². The van der Waals surface area contributed by atoms with E-state index in [0.29, 0.717) is 30.8 Å². The van der Waals surface area contributed by atoms with E-state index in [4.69, 9.17) is 4.74 Å². The number of benzene rings is 3. The molecule has 1 N–H and O–H groups in total. The molecule has 0 radical (unpaired) electrons. The largest absolute Gasteiger partial charge is 0.494 e. The summed E-state index contributed by atoms with van der Waals surface area (Å²) >= 11 is 0. The SMILES string of the molecule is Cc1cc(S(=O)(=O)Nc2ccc(C(=O)N(C)CCCOc3ccccc3)cc2)ccc1F. The van der Waals surface area contributed by atoms with Gasteiger partial charge in [0, 0.05) is 24.8 Å². The maximum Gasteiger partial charge on any atom is 0.261 e. The predicted octanol–water partition coefficient (Wildman–Crippen LogP) is 4.48. The van der Waals surface area contributed by atoms with Crippen molar-refractivity contribution >= 4 is 21.6 Å². The first-order chi connectivity index (χ1) is 15.3. The Kier molecular flexibility index (Phi) is 7.48. The third-order valence-corrected chi connectivity index (χ3v) is 6.20. The Morgan fingerprint density at radius 3 is 2.38 bits per heavy atom. The molecule has 0 saturated heterocycles. The summed E-state index contributed by atoms with van der Waals surface area (Å²) in [6, 6.07) is 19.2. The lowest BCUT2D eigenvalue weighted by Crippen LogP contribution is -2.28. The Hall–Kier alpha value is -3.39. The first kappa shape index (κ1) is 23.3. The minimum atomic E-state index is -3.87. The van der Waals surface area contributed by atoms with Crippen LogP contribution in [0.4, 0.5) is 10.1 Å². The molecule has 0 bridgehead atoms. The highest BCUT2D eigenvalue weighted by molar-refractivity contribution is 7.92. The van der Waals surface area contributed by atoms with Crippen molar-refractivity contribution in [3.8, 4) is 5.75 Å². The van der Waals surface area contributed by atoms with Gasteiger partial charge >= 0.3 is 0 Å². The zero-order valence-corrected chi connectivity index (χ0v) is 18.7. The van der Waals surface area contributed by atoms with Crippen LogP contribution >= 0.6 is 0 Å². The zero-order valence-electron chi connectivity index (χ0n) is 17.9. The summed E-state index contributed by atoms with van der Waals surface area (Å²) in [5, 5.41) is 0. The van der Waals surface area contributed by atoms with Gasteiger partial charge < -0.3 is 9.64 Å². The molecule has 6 nitrogen and oxygen atoms in total. The summed E-state index contributed by atoms with van der Waals surface area (Å²) in [7, 11) is -2.16. The van der Waals surface area contributed by atoms with E-state index >= 15 is 0 Å². The molecule has 168 valence electrons. The first-order valence-corrected chi connectivity index (χ1v) is 11.6. The van der Waals surface area contributed by atoms with E-state index in [9.17, 15) is 17.6 Å². The summed E-state index contributed by atoms with van der Waals surface area (Å²) in [5.74, 6) is 0.145. The molecule has 0 unspecified atom stereocenters. The minimum absolute atomic E-state index is 0.0333. The molecule has 0 heterocycles. The number of ether oxygens (including phenoxy) is 1. The zero-order chi connectivity index (χ0) is 23.1. The second kappa shape index (κ2) is 10.3. The number of nitrogens with one attached hydrogen (secondary N) is 1. The van der Waals surface area contributed by atoms with Crippen LogP contribution in [-0.2, 0) is 10.0 Å². The third-order valence-electron chi connectivity index (χ3n) is 4.82. The van der Waals surface area contributed by atoms with Crippen molar-refractivity contribution in [3.05, 3.63) is 89.7 Å². The Morgan fingerprint density at radius 1 is 1.03 bits per heavy atom. The van der Waals surface area contributed by atoms with E-state index in [-0.39, 0.29) is 16.4 Å². The number of hydrogen-bond acceptors (Lipinski definition) is 4. The second-order valence-electron chi connectivity index (χ2n) is 7.34. The minimum Gasteiger partial charge on any atom is -0.494 e. The first-order valence-electron chi connectivity index (χ1n) is 10.1. The number of anilines is 1. The maximum absolute atomic E-state index is 13.4. The third kappa shape index (κ3) is 6.07. The summed E-state index contributed by atoms with van der Waals surface area (Å²) in [6.45, 7) is 2.51. The lowest BCUT2D eigenvalue weighted by atomic mass is 10.2. The van der Waals surface area contributed by atoms with Gasteiger partial charge in [-0.2, -0.15) is 0 Å². The monoisotopic (exact) mass is 456 g/mol. The topological polar surface area (TPSA) is 75.7 Å². The van der Waals surface area contributed by atoms with Gasteiger partial charge in [0.2, 0.25) is 0 Å². The average Bonchev–Trinajstić information content (AvgIpc) is 2.79. The summed E-state index contributed by atoms with van der Waals surface area (Å²) in [4.78, 5) is 14.2. The molecule has 0 aromatic heterocycles. The smallest absolute Gasteiger partial charge is 0.261 e. The fraction of sp³-hybridized carbons (Fsp3) is 0.208. The van der Waals surface area contributed by atoms with Gasteiger partial charge in [-0.15, -0.1) is 0 Å². The van der Waals surface area contributed by atoms with Crippen LogP contribution in [0.5, 0.6) is 5.75 Å². The number of nitrogens with zero attached hydrogens (tertiary/aromatic N) is 1. The number of amides is 1. The van der Waals surface area contributed by atoms with Crippen molar-refractivity contribution in [2.45, 2.75) is 18.2 Å². The Morgan fingerprint density at radius 2 is 1.72 bits per heavy atom. The number of halogens is 1. The van der Waals surface area contributed by atoms with E-state index in [1.54, 1.807) is 24.1 Å². The maximum atomic E-state index is 13.4. The van der Waals surface area contributed by atoms with Crippen molar-refractivity contribution in [3.63, 3.8) is 0 Å². The molecule has 3 aromatic rings. The summed E-state index contributed by atoms with van der Waals surface area (Å²) in [6.07, 6.45) is 0.673. The van der Waals surface area contributed by atoms with Crippen LogP contribution in [0.1, 0.15) is 22.3 Å². The molecule has 8 heteroatoms. The van der Waals surface area contributed by atoms with E-state index in [1.165, 1.54) is 31.2 Å². The normalized spacial score (nSPS) is 11.1. The van der Waals surface area contributed by atoms with E-state index < -0.39 is 15.8 Å². The lowest BCUT2D eigenvalue weighted by Gasteiger charge is -2.17. The number of para-hydroxylation sites is 1.